The molecule has 0 amide bonds. The van der Waals surface area contributed by atoms with Crippen LogP contribution in [0.15, 0.2) is 0 Å². The van der Waals surface area contributed by atoms with E-state index < -0.39 is 0 Å². The number of hydrogen-bond donors (Lipinski definition) is 1. The van der Waals surface area contributed by atoms with Gasteiger partial charge in [0.2, 0.25) is 0 Å². The molecule has 2 aliphatic carbocycles. The van der Waals surface area contributed by atoms with E-state index in [1.807, 2.05) is 11.3 Å². The van der Waals surface area contributed by atoms with Crippen molar-refractivity contribution < 1.29 is 0 Å². The zero-order chi connectivity index (χ0) is 12.5. The third-order valence-electron chi connectivity index (χ3n) is 3.71. The number of nitrogens with zero attached hydrogens (tertiary/aromatic N) is 1. The fourth-order valence-electron chi connectivity index (χ4n) is 2.30. The minimum Gasteiger partial charge on any atom is -0.309 e. The molecule has 18 heavy (non-hydrogen) atoms. The summed E-state index contributed by atoms with van der Waals surface area (Å²) < 4.78 is 0. The van der Waals surface area contributed by atoms with Crippen molar-refractivity contribution in [3.63, 3.8) is 0 Å². The normalized spacial score (nSPS) is 19.7. The zero-order valence-electron chi connectivity index (χ0n) is 11.5. The van der Waals surface area contributed by atoms with E-state index in [1.165, 1.54) is 47.7 Å². The number of rotatable bonds is 7. The van der Waals surface area contributed by atoms with E-state index in [4.69, 9.17) is 4.98 Å². The van der Waals surface area contributed by atoms with Crippen LogP contribution in [0.1, 0.15) is 55.1 Å². The molecule has 1 heterocycles. The Bertz CT molecular complexity index is 403. The van der Waals surface area contributed by atoms with Crippen LogP contribution in [0.2, 0.25) is 0 Å². The highest BCUT2D eigenvalue weighted by atomic mass is 32.1. The number of hydrogen-bond acceptors (Lipinski definition) is 3. The second-order valence-corrected chi connectivity index (χ2v) is 7.55. The van der Waals surface area contributed by atoms with Gasteiger partial charge in [0.05, 0.1) is 10.7 Å². The maximum atomic E-state index is 4.91. The fraction of sp³-hybridized carbons (Fsp3) is 0.800. The Morgan fingerprint density at radius 3 is 2.67 bits per heavy atom. The molecular weight excluding hydrogens is 240 g/mol. The first-order valence-electron chi connectivity index (χ1n) is 7.41. The van der Waals surface area contributed by atoms with Gasteiger partial charge in [-0.05, 0) is 43.9 Å². The zero-order valence-corrected chi connectivity index (χ0v) is 12.4. The lowest BCUT2D eigenvalue weighted by atomic mass is 10.1. The summed E-state index contributed by atoms with van der Waals surface area (Å²) in [7, 11) is 0. The molecule has 0 aromatic carbocycles. The standard InChI is InChI=1S/C15H24N2S/c1-10(2)7-13-14(9-16-12-5-6-12)18-15(17-13)8-11-3-4-11/h10-12,16H,3-9H2,1-2H3. The maximum absolute atomic E-state index is 4.91. The van der Waals surface area contributed by atoms with Crippen molar-refractivity contribution in [2.45, 2.75) is 65.0 Å². The monoisotopic (exact) mass is 264 g/mol. The highest BCUT2D eigenvalue weighted by Crippen LogP contribution is 2.35. The van der Waals surface area contributed by atoms with Crippen LogP contribution >= 0.6 is 11.3 Å². The predicted octanol–water partition coefficient (Wildman–Crippen LogP) is 3.55. The minimum absolute atomic E-state index is 0.709. The lowest BCUT2D eigenvalue weighted by Crippen LogP contribution is -2.15. The Morgan fingerprint density at radius 1 is 1.28 bits per heavy atom. The summed E-state index contributed by atoms with van der Waals surface area (Å²) in [5.74, 6) is 1.66. The molecule has 0 aliphatic heterocycles. The highest BCUT2D eigenvalue weighted by Gasteiger charge is 2.25. The van der Waals surface area contributed by atoms with E-state index in [9.17, 15) is 0 Å². The van der Waals surface area contributed by atoms with Crippen molar-refractivity contribution >= 4 is 11.3 Å². The molecule has 100 valence electrons. The lowest BCUT2D eigenvalue weighted by molar-refractivity contribution is 0.621. The lowest BCUT2D eigenvalue weighted by Gasteiger charge is -2.05. The molecule has 2 nitrogen and oxygen atoms in total. The summed E-state index contributed by atoms with van der Waals surface area (Å²) in [6.07, 6.45) is 7.96. The highest BCUT2D eigenvalue weighted by molar-refractivity contribution is 7.11. The molecule has 0 spiro atoms. The first-order chi connectivity index (χ1) is 8.70. The molecule has 3 heteroatoms. The van der Waals surface area contributed by atoms with Gasteiger partial charge in [-0.25, -0.2) is 4.98 Å². The number of thiazole rings is 1. The third-order valence-corrected chi connectivity index (χ3v) is 4.83. The van der Waals surface area contributed by atoms with Crippen LogP contribution in [0.25, 0.3) is 0 Å². The molecule has 3 rings (SSSR count). The van der Waals surface area contributed by atoms with Crippen LogP contribution < -0.4 is 5.32 Å². The average Bonchev–Trinajstić information content (AvgIpc) is 3.17. The molecule has 0 bridgehead atoms. The van der Waals surface area contributed by atoms with Gasteiger partial charge >= 0.3 is 0 Å². The SMILES string of the molecule is CC(C)Cc1nc(CC2CC2)sc1CNC1CC1. The van der Waals surface area contributed by atoms with E-state index in [0.29, 0.717) is 5.92 Å². The Kier molecular flexibility index (Phi) is 3.71. The van der Waals surface area contributed by atoms with Gasteiger partial charge in [0.25, 0.3) is 0 Å². The molecule has 0 saturated heterocycles. The van der Waals surface area contributed by atoms with Crippen LogP contribution in [-0.2, 0) is 19.4 Å². The Balaban J connectivity index is 1.67. The largest absolute Gasteiger partial charge is 0.309 e. The quantitative estimate of drug-likeness (QED) is 0.814. The maximum Gasteiger partial charge on any atom is 0.0934 e. The molecule has 1 aromatic heterocycles. The van der Waals surface area contributed by atoms with Gasteiger partial charge in [0.1, 0.15) is 0 Å². The van der Waals surface area contributed by atoms with Crippen molar-refractivity contribution in [1.82, 2.24) is 10.3 Å². The van der Waals surface area contributed by atoms with E-state index in [-0.39, 0.29) is 0 Å². The van der Waals surface area contributed by atoms with Crippen LogP contribution in [0, 0.1) is 11.8 Å². The molecule has 1 aromatic rings. The summed E-state index contributed by atoms with van der Waals surface area (Å²) in [6.45, 7) is 5.63. The molecule has 2 saturated carbocycles. The molecule has 1 N–H and O–H groups in total. The number of nitrogens with one attached hydrogen (secondary N) is 1. The van der Waals surface area contributed by atoms with E-state index >= 15 is 0 Å². The van der Waals surface area contributed by atoms with E-state index in [0.717, 1.165) is 24.9 Å². The summed E-state index contributed by atoms with van der Waals surface area (Å²) >= 11 is 1.97. The van der Waals surface area contributed by atoms with E-state index in [2.05, 4.69) is 19.2 Å². The van der Waals surface area contributed by atoms with Gasteiger partial charge < -0.3 is 5.32 Å². The summed E-state index contributed by atoms with van der Waals surface area (Å²) in [5, 5.41) is 5.03. The molecule has 0 atom stereocenters. The molecule has 0 radical (unpaired) electrons. The number of aromatic nitrogens is 1. The summed E-state index contributed by atoms with van der Waals surface area (Å²) in [6, 6.07) is 0.797. The average molecular weight is 264 g/mol. The summed E-state index contributed by atoms with van der Waals surface area (Å²) in [4.78, 5) is 6.41. The van der Waals surface area contributed by atoms with Gasteiger partial charge in [-0.15, -0.1) is 11.3 Å². The Morgan fingerprint density at radius 2 is 2.06 bits per heavy atom. The van der Waals surface area contributed by atoms with Crippen LogP contribution in [-0.4, -0.2) is 11.0 Å². The molecule has 2 aliphatic rings. The van der Waals surface area contributed by atoms with Gasteiger partial charge in [0, 0.05) is 23.9 Å². The topological polar surface area (TPSA) is 24.9 Å². The van der Waals surface area contributed by atoms with Gasteiger partial charge in [0.15, 0.2) is 0 Å². The molecule has 0 unspecified atom stereocenters. The van der Waals surface area contributed by atoms with Gasteiger partial charge in [-0.2, -0.15) is 0 Å². The van der Waals surface area contributed by atoms with Crippen LogP contribution in [0.3, 0.4) is 0 Å². The first-order valence-corrected chi connectivity index (χ1v) is 8.23. The third kappa shape index (κ3) is 3.55. The van der Waals surface area contributed by atoms with Crippen LogP contribution in [0.5, 0.6) is 0 Å². The second kappa shape index (κ2) is 5.30. The van der Waals surface area contributed by atoms with E-state index in [1.54, 1.807) is 0 Å². The predicted molar refractivity (Wildman–Crippen MR) is 76.9 cm³/mol. The molecule has 2 fully saturated rings. The van der Waals surface area contributed by atoms with Crippen molar-refractivity contribution in [1.29, 1.82) is 0 Å². The van der Waals surface area contributed by atoms with Crippen molar-refractivity contribution in [2.75, 3.05) is 0 Å². The second-order valence-electron chi connectivity index (χ2n) is 6.38. The first kappa shape index (κ1) is 12.6. The van der Waals surface area contributed by atoms with Crippen molar-refractivity contribution in [3.05, 3.63) is 15.6 Å². The van der Waals surface area contributed by atoms with Crippen molar-refractivity contribution in [2.24, 2.45) is 11.8 Å². The Labute approximate surface area is 114 Å². The smallest absolute Gasteiger partial charge is 0.0934 e. The minimum atomic E-state index is 0.709. The van der Waals surface area contributed by atoms with Gasteiger partial charge in [-0.1, -0.05) is 13.8 Å². The van der Waals surface area contributed by atoms with Crippen molar-refractivity contribution in [3.8, 4) is 0 Å². The van der Waals surface area contributed by atoms with Gasteiger partial charge in [-0.3, -0.25) is 0 Å². The Hall–Kier alpha value is -0.410. The molecular formula is C15H24N2S. The van der Waals surface area contributed by atoms with Crippen LogP contribution in [0.4, 0.5) is 0 Å². The fourth-order valence-corrected chi connectivity index (χ4v) is 3.46. The summed E-state index contributed by atoms with van der Waals surface area (Å²) in [5.41, 5.74) is 1.37.